The molecule has 106 valence electrons. The standard InChI is InChI=1S/C16H18ClNO2/c1-10(12-6-3-4-7-13(12)17)18-11(2)16-14(19)8-5-9-15(16)20/h3-11,18-20H,1-2H3. The molecule has 0 saturated heterocycles. The highest BCUT2D eigenvalue weighted by Crippen LogP contribution is 2.34. The summed E-state index contributed by atoms with van der Waals surface area (Å²) in [5, 5.41) is 23.8. The van der Waals surface area contributed by atoms with E-state index in [0.717, 1.165) is 5.56 Å². The molecular weight excluding hydrogens is 274 g/mol. The summed E-state index contributed by atoms with van der Waals surface area (Å²) in [6.07, 6.45) is 0. The summed E-state index contributed by atoms with van der Waals surface area (Å²) < 4.78 is 0. The molecule has 0 aliphatic heterocycles. The number of rotatable bonds is 4. The molecule has 3 nitrogen and oxygen atoms in total. The van der Waals surface area contributed by atoms with Gasteiger partial charge in [-0.2, -0.15) is 0 Å². The number of nitrogens with one attached hydrogen (secondary N) is 1. The summed E-state index contributed by atoms with van der Waals surface area (Å²) >= 11 is 6.17. The quantitative estimate of drug-likeness (QED) is 0.793. The molecule has 0 bridgehead atoms. The first kappa shape index (κ1) is 14.7. The van der Waals surface area contributed by atoms with Crippen LogP contribution in [-0.2, 0) is 0 Å². The first-order chi connectivity index (χ1) is 9.50. The molecule has 0 aliphatic rings. The fourth-order valence-corrected chi connectivity index (χ4v) is 2.66. The van der Waals surface area contributed by atoms with Gasteiger partial charge in [0, 0.05) is 17.1 Å². The molecule has 0 aliphatic carbocycles. The van der Waals surface area contributed by atoms with E-state index in [1.54, 1.807) is 18.2 Å². The van der Waals surface area contributed by atoms with Crippen molar-refractivity contribution in [1.29, 1.82) is 0 Å². The van der Waals surface area contributed by atoms with Crippen LogP contribution in [0, 0.1) is 0 Å². The molecule has 2 unspecified atom stereocenters. The van der Waals surface area contributed by atoms with Gasteiger partial charge in [-0.1, -0.05) is 35.9 Å². The Hall–Kier alpha value is -1.71. The third kappa shape index (κ3) is 3.06. The Bertz CT molecular complexity index is 581. The zero-order valence-electron chi connectivity index (χ0n) is 11.5. The lowest BCUT2D eigenvalue weighted by molar-refractivity contribution is 0.407. The van der Waals surface area contributed by atoms with Gasteiger partial charge in [-0.05, 0) is 37.6 Å². The van der Waals surface area contributed by atoms with E-state index in [2.05, 4.69) is 5.32 Å². The highest BCUT2D eigenvalue weighted by Gasteiger charge is 2.18. The second-order valence-electron chi connectivity index (χ2n) is 4.84. The minimum atomic E-state index is -0.206. The van der Waals surface area contributed by atoms with Crippen molar-refractivity contribution >= 4 is 11.6 Å². The van der Waals surface area contributed by atoms with E-state index in [0.29, 0.717) is 10.6 Å². The molecule has 4 heteroatoms. The molecule has 0 amide bonds. The second-order valence-corrected chi connectivity index (χ2v) is 5.25. The monoisotopic (exact) mass is 291 g/mol. The van der Waals surface area contributed by atoms with Gasteiger partial charge in [0.25, 0.3) is 0 Å². The van der Waals surface area contributed by atoms with Gasteiger partial charge in [0.1, 0.15) is 11.5 Å². The van der Waals surface area contributed by atoms with E-state index in [-0.39, 0.29) is 23.6 Å². The van der Waals surface area contributed by atoms with Crippen molar-refractivity contribution in [3.05, 3.63) is 58.6 Å². The van der Waals surface area contributed by atoms with Crippen LogP contribution in [0.4, 0.5) is 0 Å². The van der Waals surface area contributed by atoms with E-state index < -0.39 is 0 Å². The Morgan fingerprint density at radius 1 is 0.900 bits per heavy atom. The minimum absolute atomic E-state index is 0.00212. The van der Waals surface area contributed by atoms with Crippen molar-refractivity contribution in [2.45, 2.75) is 25.9 Å². The third-order valence-corrected chi connectivity index (χ3v) is 3.71. The Labute approximate surface area is 123 Å². The predicted octanol–water partition coefficient (Wildman–Crippen LogP) is 4.16. The number of phenols is 2. The van der Waals surface area contributed by atoms with Gasteiger partial charge >= 0.3 is 0 Å². The molecule has 0 heterocycles. The normalized spacial score (nSPS) is 13.9. The van der Waals surface area contributed by atoms with Crippen molar-refractivity contribution in [2.75, 3.05) is 0 Å². The van der Waals surface area contributed by atoms with E-state index in [4.69, 9.17) is 11.6 Å². The lowest BCUT2D eigenvalue weighted by atomic mass is 10.0. The summed E-state index contributed by atoms with van der Waals surface area (Å²) in [5.74, 6) is 0.160. The first-order valence-electron chi connectivity index (χ1n) is 6.52. The maximum atomic E-state index is 9.87. The van der Waals surface area contributed by atoms with Crippen molar-refractivity contribution < 1.29 is 10.2 Å². The van der Waals surface area contributed by atoms with E-state index in [1.807, 2.05) is 38.1 Å². The molecule has 0 saturated carbocycles. The number of hydrogen-bond donors (Lipinski definition) is 3. The van der Waals surface area contributed by atoms with Crippen LogP contribution < -0.4 is 5.32 Å². The molecule has 3 N–H and O–H groups in total. The molecule has 2 aromatic carbocycles. The van der Waals surface area contributed by atoms with E-state index in [1.165, 1.54) is 0 Å². The first-order valence-corrected chi connectivity index (χ1v) is 6.89. The summed E-state index contributed by atoms with van der Waals surface area (Å²) in [5.41, 5.74) is 1.47. The fourth-order valence-electron chi connectivity index (χ4n) is 2.36. The Kier molecular flexibility index (Phi) is 4.53. The van der Waals surface area contributed by atoms with Crippen molar-refractivity contribution in [2.24, 2.45) is 0 Å². The van der Waals surface area contributed by atoms with Crippen LogP contribution in [0.1, 0.15) is 37.1 Å². The van der Waals surface area contributed by atoms with Crippen molar-refractivity contribution in [3.63, 3.8) is 0 Å². The Balaban J connectivity index is 2.20. The summed E-state index contributed by atoms with van der Waals surface area (Å²) in [6, 6.07) is 12.1. The SMILES string of the molecule is CC(NC(C)c1c(O)cccc1O)c1ccccc1Cl. The Morgan fingerprint density at radius 3 is 2.10 bits per heavy atom. The lowest BCUT2D eigenvalue weighted by Crippen LogP contribution is -2.22. The van der Waals surface area contributed by atoms with Crippen LogP contribution in [0.15, 0.2) is 42.5 Å². The van der Waals surface area contributed by atoms with Crippen molar-refractivity contribution in [3.8, 4) is 11.5 Å². The molecule has 0 aromatic heterocycles. The lowest BCUT2D eigenvalue weighted by Gasteiger charge is -2.22. The number of halogens is 1. The molecular formula is C16H18ClNO2. The van der Waals surface area contributed by atoms with Gasteiger partial charge < -0.3 is 15.5 Å². The zero-order chi connectivity index (χ0) is 14.7. The highest BCUT2D eigenvalue weighted by atomic mass is 35.5. The summed E-state index contributed by atoms with van der Waals surface area (Å²) in [4.78, 5) is 0. The largest absolute Gasteiger partial charge is 0.507 e. The average molecular weight is 292 g/mol. The third-order valence-electron chi connectivity index (χ3n) is 3.36. The predicted molar refractivity (Wildman–Crippen MR) is 81.2 cm³/mol. The van der Waals surface area contributed by atoms with Crippen LogP contribution in [0.5, 0.6) is 11.5 Å². The molecule has 0 fully saturated rings. The summed E-state index contributed by atoms with van der Waals surface area (Å²) in [6.45, 7) is 3.89. The smallest absolute Gasteiger partial charge is 0.124 e. The van der Waals surface area contributed by atoms with Gasteiger partial charge in [0.15, 0.2) is 0 Å². The van der Waals surface area contributed by atoms with Crippen LogP contribution in [0.25, 0.3) is 0 Å². The molecule has 0 radical (unpaired) electrons. The van der Waals surface area contributed by atoms with Crippen LogP contribution >= 0.6 is 11.6 Å². The molecule has 20 heavy (non-hydrogen) atoms. The number of aromatic hydroxyl groups is 2. The number of phenolic OH excluding ortho intramolecular Hbond substituents is 2. The van der Waals surface area contributed by atoms with Crippen molar-refractivity contribution in [1.82, 2.24) is 5.32 Å². The van der Waals surface area contributed by atoms with Gasteiger partial charge in [-0.25, -0.2) is 0 Å². The average Bonchev–Trinajstić information content (AvgIpc) is 2.38. The zero-order valence-corrected chi connectivity index (χ0v) is 12.2. The molecule has 2 atom stereocenters. The summed E-state index contributed by atoms with van der Waals surface area (Å²) in [7, 11) is 0. The van der Waals surface area contributed by atoms with Gasteiger partial charge in [0.05, 0.1) is 5.56 Å². The van der Waals surface area contributed by atoms with Crippen LogP contribution in [0.3, 0.4) is 0 Å². The minimum Gasteiger partial charge on any atom is -0.507 e. The fraction of sp³-hybridized carbons (Fsp3) is 0.250. The number of hydrogen-bond acceptors (Lipinski definition) is 3. The topological polar surface area (TPSA) is 52.5 Å². The maximum absolute atomic E-state index is 9.87. The van der Waals surface area contributed by atoms with Crippen LogP contribution in [-0.4, -0.2) is 10.2 Å². The van der Waals surface area contributed by atoms with Gasteiger partial charge in [0.2, 0.25) is 0 Å². The van der Waals surface area contributed by atoms with E-state index >= 15 is 0 Å². The van der Waals surface area contributed by atoms with Gasteiger partial charge in [-0.3, -0.25) is 0 Å². The highest BCUT2D eigenvalue weighted by molar-refractivity contribution is 6.31. The maximum Gasteiger partial charge on any atom is 0.124 e. The van der Waals surface area contributed by atoms with E-state index in [9.17, 15) is 10.2 Å². The molecule has 2 aromatic rings. The Morgan fingerprint density at radius 2 is 1.50 bits per heavy atom. The van der Waals surface area contributed by atoms with Gasteiger partial charge in [-0.15, -0.1) is 0 Å². The van der Waals surface area contributed by atoms with Crippen LogP contribution in [0.2, 0.25) is 5.02 Å². The molecule has 0 spiro atoms. The molecule has 2 rings (SSSR count). The number of benzene rings is 2. The second kappa shape index (κ2) is 6.16.